The van der Waals surface area contributed by atoms with Gasteiger partial charge in [0.15, 0.2) is 0 Å². The van der Waals surface area contributed by atoms with E-state index in [0.29, 0.717) is 10.6 Å². The van der Waals surface area contributed by atoms with Crippen molar-refractivity contribution in [2.45, 2.75) is 26.1 Å². The van der Waals surface area contributed by atoms with E-state index in [1.165, 1.54) is 0 Å². The molecule has 0 bridgehead atoms. The van der Waals surface area contributed by atoms with Crippen LogP contribution in [0.5, 0.6) is 0 Å². The van der Waals surface area contributed by atoms with Crippen molar-refractivity contribution in [3.63, 3.8) is 0 Å². The van der Waals surface area contributed by atoms with Crippen LogP contribution >= 0.6 is 7.37 Å². The minimum atomic E-state index is -3.19. The van der Waals surface area contributed by atoms with E-state index in [1.54, 1.807) is 38.1 Å². The molecule has 0 saturated heterocycles. The molecule has 20 heavy (non-hydrogen) atoms. The first-order valence-electron chi connectivity index (χ1n) is 6.62. The molecule has 3 nitrogen and oxygen atoms in total. The van der Waals surface area contributed by atoms with Gasteiger partial charge in [-0.25, -0.2) is 0 Å². The van der Waals surface area contributed by atoms with Gasteiger partial charge in [-0.1, -0.05) is 36.4 Å². The number of hydrogen-bond acceptors (Lipinski definition) is 3. The van der Waals surface area contributed by atoms with Crippen LogP contribution in [-0.4, -0.2) is 17.3 Å². The zero-order valence-electron chi connectivity index (χ0n) is 11.6. The van der Waals surface area contributed by atoms with Crippen LogP contribution in [0, 0.1) is 0 Å². The van der Waals surface area contributed by atoms with Gasteiger partial charge in [-0.05, 0) is 38.1 Å². The molecule has 0 heterocycles. The highest BCUT2D eigenvalue weighted by molar-refractivity contribution is 7.74. The summed E-state index contributed by atoms with van der Waals surface area (Å²) in [4.78, 5) is 0. The summed E-state index contributed by atoms with van der Waals surface area (Å²) in [5.41, 5.74) is 0. The maximum absolute atomic E-state index is 13.4. The fourth-order valence-corrected chi connectivity index (χ4v) is 4.16. The topological polar surface area (TPSA) is 46.5 Å². The maximum atomic E-state index is 13.4. The highest BCUT2D eigenvalue weighted by atomic mass is 31.2. The predicted molar refractivity (Wildman–Crippen MR) is 82.0 cm³/mol. The second kappa shape index (κ2) is 6.36. The van der Waals surface area contributed by atoms with E-state index in [-0.39, 0.29) is 0 Å². The molecular weight excluding hydrogens is 271 g/mol. The SMILES string of the molecule is CC(O)C(C)OP(=O)(c1ccccc1)c1ccccc1. The van der Waals surface area contributed by atoms with Gasteiger partial charge in [0.2, 0.25) is 0 Å². The van der Waals surface area contributed by atoms with Crippen LogP contribution in [0.25, 0.3) is 0 Å². The van der Waals surface area contributed by atoms with E-state index in [0.717, 1.165) is 0 Å². The second-order valence-electron chi connectivity index (χ2n) is 4.77. The fourth-order valence-electron chi connectivity index (χ4n) is 1.84. The average molecular weight is 290 g/mol. The molecule has 0 aliphatic rings. The number of aliphatic hydroxyl groups excluding tert-OH is 1. The van der Waals surface area contributed by atoms with Gasteiger partial charge >= 0.3 is 0 Å². The van der Waals surface area contributed by atoms with Gasteiger partial charge in [0.25, 0.3) is 7.37 Å². The Hall–Kier alpha value is -1.41. The highest BCUT2D eigenvalue weighted by Crippen LogP contribution is 2.46. The summed E-state index contributed by atoms with van der Waals surface area (Å²) in [7, 11) is -3.19. The number of rotatable bonds is 5. The van der Waals surface area contributed by atoms with Crippen LogP contribution in [0.15, 0.2) is 60.7 Å². The van der Waals surface area contributed by atoms with E-state index in [2.05, 4.69) is 0 Å². The minimum Gasteiger partial charge on any atom is -0.391 e. The quantitative estimate of drug-likeness (QED) is 0.861. The van der Waals surface area contributed by atoms with Gasteiger partial charge in [-0.3, -0.25) is 4.57 Å². The molecule has 4 heteroatoms. The fraction of sp³-hybridized carbons (Fsp3) is 0.250. The van der Waals surface area contributed by atoms with E-state index < -0.39 is 19.6 Å². The lowest BCUT2D eigenvalue weighted by atomic mass is 10.3. The molecule has 106 valence electrons. The van der Waals surface area contributed by atoms with Crippen molar-refractivity contribution in [1.82, 2.24) is 0 Å². The Morgan fingerprint density at radius 2 is 1.30 bits per heavy atom. The molecular formula is C16H19O3P. The summed E-state index contributed by atoms with van der Waals surface area (Å²) in [5, 5.41) is 10.9. The molecule has 0 saturated carbocycles. The summed E-state index contributed by atoms with van der Waals surface area (Å²) in [6, 6.07) is 18.3. The van der Waals surface area contributed by atoms with Gasteiger partial charge in [0.05, 0.1) is 12.2 Å². The van der Waals surface area contributed by atoms with Crippen molar-refractivity contribution in [1.29, 1.82) is 0 Å². The Bertz CT molecular complexity index is 538. The lowest BCUT2D eigenvalue weighted by Gasteiger charge is -2.25. The molecule has 0 aliphatic carbocycles. The van der Waals surface area contributed by atoms with Crippen molar-refractivity contribution in [2.75, 3.05) is 0 Å². The Labute approximate surface area is 119 Å². The van der Waals surface area contributed by atoms with Crippen LogP contribution < -0.4 is 10.6 Å². The zero-order valence-corrected chi connectivity index (χ0v) is 12.5. The normalized spacial score (nSPS) is 14.8. The Morgan fingerprint density at radius 3 is 1.65 bits per heavy atom. The van der Waals surface area contributed by atoms with Gasteiger partial charge in [0, 0.05) is 10.6 Å². The van der Waals surface area contributed by atoms with Crippen molar-refractivity contribution < 1.29 is 14.2 Å². The van der Waals surface area contributed by atoms with E-state index in [9.17, 15) is 9.67 Å². The van der Waals surface area contributed by atoms with Gasteiger partial charge < -0.3 is 9.63 Å². The lowest BCUT2D eigenvalue weighted by Crippen LogP contribution is -2.27. The Balaban J connectivity index is 2.47. The average Bonchev–Trinajstić information content (AvgIpc) is 2.48. The van der Waals surface area contributed by atoms with Crippen LogP contribution in [0.3, 0.4) is 0 Å². The molecule has 1 N–H and O–H groups in total. The van der Waals surface area contributed by atoms with E-state index >= 15 is 0 Å². The standard InChI is InChI=1S/C16H19O3P/c1-13(17)14(2)19-20(18,15-9-5-3-6-10-15)16-11-7-4-8-12-16/h3-14,17H,1-2H3. The highest BCUT2D eigenvalue weighted by Gasteiger charge is 2.31. The summed E-state index contributed by atoms with van der Waals surface area (Å²) in [6.07, 6.45) is -1.20. The van der Waals surface area contributed by atoms with Gasteiger partial charge in [-0.15, -0.1) is 0 Å². The summed E-state index contributed by atoms with van der Waals surface area (Å²) in [6.45, 7) is 3.36. The van der Waals surface area contributed by atoms with Gasteiger partial charge in [-0.2, -0.15) is 0 Å². The molecule has 0 aliphatic heterocycles. The molecule has 0 fully saturated rings. The Kier molecular flexibility index (Phi) is 4.77. The van der Waals surface area contributed by atoms with Gasteiger partial charge in [0.1, 0.15) is 0 Å². The zero-order chi connectivity index (χ0) is 14.6. The molecule has 2 atom stereocenters. The molecule has 2 aromatic carbocycles. The first-order valence-corrected chi connectivity index (χ1v) is 8.24. The first-order chi connectivity index (χ1) is 9.54. The van der Waals surface area contributed by atoms with Crippen LogP contribution in [0.4, 0.5) is 0 Å². The van der Waals surface area contributed by atoms with Crippen molar-refractivity contribution >= 4 is 18.0 Å². The molecule has 2 rings (SSSR count). The van der Waals surface area contributed by atoms with Crippen LogP contribution in [0.2, 0.25) is 0 Å². The number of benzene rings is 2. The summed E-state index contributed by atoms with van der Waals surface area (Å²) >= 11 is 0. The number of hydrogen-bond donors (Lipinski definition) is 1. The largest absolute Gasteiger partial charge is 0.391 e. The number of aliphatic hydroxyl groups is 1. The second-order valence-corrected chi connectivity index (χ2v) is 7.12. The minimum absolute atomic E-state index is 0.513. The third-order valence-electron chi connectivity index (χ3n) is 3.19. The third-order valence-corrected chi connectivity index (χ3v) is 5.77. The molecule has 0 amide bonds. The molecule has 2 aromatic rings. The third kappa shape index (κ3) is 3.18. The molecule has 2 unspecified atom stereocenters. The predicted octanol–water partition coefficient (Wildman–Crippen LogP) is 2.70. The van der Waals surface area contributed by atoms with Crippen LogP contribution in [-0.2, 0) is 9.09 Å². The maximum Gasteiger partial charge on any atom is 0.261 e. The van der Waals surface area contributed by atoms with Crippen molar-refractivity contribution in [2.24, 2.45) is 0 Å². The molecule has 0 aromatic heterocycles. The van der Waals surface area contributed by atoms with Crippen molar-refractivity contribution in [3.8, 4) is 0 Å². The summed E-state index contributed by atoms with van der Waals surface area (Å²) in [5.74, 6) is 0. The van der Waals surface area contributed by atoms with Crippen molar-refractivity contribution in [3.05, 3.63) is 60.7 Å². The lowest BCUT2D eigenvalue weighted by molar-refractivity contribution is 0.0650. The molecule has 0 radical (unpaired) electrons. The summed E-state index contributed by atoms with van der Waals surface area (Å²) < 4.78 is 19.2. The molecule has 0 spiro atoms. The van der Waals surface area contributed by atoms with E-state index in [1.807, 2.05) is 36.4 Å². The first kappa shape index (κ1) is 15.0. The Morgan fingerprint density at radius 1 is 0.900 bits per heavy atom. The van der Waals surface area contributed by atoms with Crippen LogP contribution in [0.1, 0.15) is 13.8 Å². The smallest absolute Gasteiger partial charge is 0.261 e. The van der Waals surface area contributed by atoms with E-state index in [4.69, 9.17) is 4.52 Å². The monoisotopic (exact) mass is 290 g/mol.